The zero-order valence-electron chi connectivity index (χ0n) is 13.4. The van der Waals surface area contributed by atoms with E-state index in [4.69, 9.17) is 4.99 Å². The number of rotatable bonds is 1. The molecule has 1 atom stereocenters. The molecule has 0 saturated carbocycles. The van der Waals surface area contributed by atoms with Gasteiger partial charge in [0.1, 0.15) is 5.70 Å². The highest BCUT2D eigenvalue weighted by atomic mass is 32.2. The minimum absolute atomic E-state index is 0.145. The van der Waals surface area contributed by atoms with Crippen molar-refractivity contribution in [2.24, 2.45) is 10.1 Å². The number of hydrogen-bond donors (Lipinski definition) is 1. The predicted molar refractivity (Wildman–Crippen MR) is 95.5 cm³/mol. The molecule has 120 valence electrons. The van der Waals surface area contributed by atoms with Gasteiger partial charge < -0.3 is 0 Å². The molecule has 0 fully saturated rings. The number of hydrazone groups is 1. The minimum atomic E-state index is -0.344. The fourth-order valence-electron chi connectivity index (χ4n) is 2.87. The Morgan fingerprint density at radius 3 is 2.62 bits per heavy atom. The molecule has 2 aliphatic heterocycles. The highest BCUT2D eigenvalue weighted by Crippen LogP contribution is 2.30. The molecule has 0 aliphatic carbocycles. The van der Waals surface area contributed by atoms with Crippen LogP contribution in [-0.4, -0.2) is 22.3 Å². The number of para-hydroxylation sites is 1. The summed E-state index contributed by atoms with van der Waals surface area (Å²) in [6.45, 7) is 2.05. The highest BCUT2D eigenvalue weighted by molar-refractivity contribution is 8.13. The van der Waals surface area contributed by atoms with Crippen molar-refractivity contribution in [3.63, 3.8) is 0 Å². The van der Waals surface area contributed by atoms with Gasteiger partial charge in [0, 0.05) is 5.22 Å². The topological polar surface area (TPSA) is 57.1 Å². The van der Waals surface area contributed by atoms with E-state index in [0.717, 1.165) is 16.1 Å². The molecule has 24 heavy (non-hydrogen) atoms. The first-order valence-electron chi connectivity index (χ1n) is 7.64. The number of amidine groups is 1. The Labute approximate surface area is 143 Å². The van der Waals surface area contributed by atoms with Crippen molar-refractivity contribution >= 4 is 28.5 Å². The van der Waals surface area contributed by atoms with E-state index in [1.807, 2.05) is 61.7 Å². The van der Waals surface area contributed by atoms with Crippen LogP contribution in [0.5, 0.6) is 0 Å². The number of benzene rings is 2. The van der Waals surface area contributed by atoms with E-state index in [2.05, 4.69) is 10.4 Å². The van der Waals surface area contributed by atoms with E-state index in [-0.39, 0.29) is 12.1 Å². The number of carbonyl (C=O) groups is 1. The Hall–Kier alpha value is -2.60. The molecule has 0 aromatic heterocycles. The summed E-state index contributed by atoms with van der Waals surface area (Å²) in [7, 11) is 0. The van der Waals surface area contributed by atoms with Crippen LogP contribution in [0.3, 0.4) is 0 Å². The number of nitrogens with one attached hydrogen (secondary N) is 1. The number of carbonyl (C=O) groups excluding carboxylic acids is 1. The summed E-state index contributed by atoms with van der Waals surface area (Å²) in [4.78, 5) is 17.5. The molecule has 2 aliphatic rings. The third-order valence-corrected chi connectivity index (χ3v) is 4.65. The van der Waals surface area contributed by atoms with Crippen molar-refractivity contribution < 1.29 is 4.79 Å². The fourth-order valence-corrected chi connectivity index (χ4v) is 3.24. The summed E-state index contributed by atoms with van der Waals surface area (Å²) >= 11 is 1.41. The summed E-state index contributed by atoms with van der Waals surface area (Å²) in [5.41, 5.74) is 2.74. The highest BCUT2D eigenvalue weighted by Gasteiger charge is 2.33. The van der Waals surface area contributed by atoms with Crippen molar-refractivity contribution in [3.05, 3.63) is 70.2 Å². The summed E-state index contributed by atoms with van der Waals surface area (Å²) in [5, 5.41) is 11.4. The van der Waals surface area contributed by atoms with Crippen molar-refractivity contribution in [1.29, 1.82) is 0 Å². The third-order valence-electron chi connectivity index (χ3n) is 4.08. The molecule has 0 spiro atoms. The number of hydrogen-bond acceptors (Lipinski definition) is 5. The Morgan fingerprint density at radius 2 is 1.88 bits per heavy atom. The Morgan fingerprint density at radius 1 is 1.12 bits per heavy atom. The fraction of sp³-hybridized carbons (Fsp3) is 0.167. The van der Waals surface area contributed by atoms with Crippen molar-refractivity contribution in [3.8, 4) is 0 Å². The standard InChI is InChI=1S/C18H16N4OS/c1-11-7-9-12(10-8-11)16-19-14-6-4-3-5-13(14)15-17(23)20-18(24-2)21-22(15)16/h3-10,16H,1-2H3,(H,20,21,23)/t16-/m0/s1. The van der Waals surface area contributed by atoms with E-state index < -0.39 is 0 Å². The quantitative estimate of drug-likeness (QED) is 0.859. The van der Waals surface area contributed by atoms with Gasteiger partial charge in [0.05, 0.1) is 5.36 Å². The molecule has 2 heterocycles. The van der Waals surface area contributed by atoms with Crippen LogP contribution >= 0.6 is 11.8 Å². The second kappa shape index (κ2) is 5.79. The number of nitrogens with zero attached hydrogens (tertiary/aromatic N) is 3. The summed E-state index contributed by atoms with van der Waals surface area (Å²) in [5.74, 6) is -0.145. The van der Waals surface area contributed by atoms with Gasteiger partial charge in [-0.15, -0.1) is 5.10 Å². The zero-order valence-corrected chi connectivity index (χ0v) is 14.2. The van der Waals surface area contributed by atoms with Crippen LogP contribution in [-0.2, 0) is 4.79 Å². The maximum atomic E-state index is 12.7. The molecule has 5 nitrogen and oxygen atoms in total. The van der Waals surface area contributed by atoms with Crippen LogP contribution in [0.25, 0.3) is 5.70 Å². The first-order valence-corrected chi connectivity index (χ1v) is 8.87. The first-order chi connectivity index (χ1) is 11.7. The summed E-state index contributed by atoms with van der Waals surface area (Å²) in [6, 6.07) is 15.9. The first kappa shape index (κ1) is 15.0. The maximum Gasteiger partial charge on any atom is 0.276 e. The molecule has 1 amide bonds. The van der Waals surface area contributed by atoms with Crippen molar-refractivity contribution in [2.75, 3.05) is 6.26 Å². The molecule has 0 bridgehead atoms. The second-order valence-corrected chi connectivity index (χ2v) is 6.48. The lowest BCUT2D eigenvalue weighted by molar-refractivity contribution is -0.116. The van der Waals surface area contributed by atoms with Crippen molar-refractivity contribution in [1.82, 2.24) is 10.3 Å². The van der Waals surface area contributed by atoms with Gasteiger partial charge in [-0.1, -0.05) is 59.8 Å². The molecule has 4 rings (SSSR count). The van der Waals surface area contributed by atoms with Crippen LogP contribution in [0, 0.1) is 6.92 Å². The number of aryl methyl sites for hydroxylation is 1. The average molecular weight is 336 g/mol. The number of fused-ring (bicyclic) bond motifs is 2. The number of amides is 1. The molecule has 0 unspecified atom stereocenters. The Bertz CT molecular complexity index is 965. The molecule has 1 N–H and O–H groups in total. The van der Waals surface area contributed by atoms with Gasteiger partial charge in [0.2, 0.25) is 0 Å². The van der Waals surface area contributed by atoms with E-state index in [1.54, 1.807) is 5.01 Å². The summed E-state index contributed by atoms with van der Waals surface area (Å²) < 4.78 is 0. The van der Waals surface area contributed by atoms with Gasteiger partial charge in [-0.3, -0.25) is 15.1 Å². The van der Waals surface area contributed by atoms with Crippen molar-refractivity contribution in [2.45, 2.75) is 13.1 Å². The van der Waals surface area contributed by atoms with Gasteiger partial charge in [0.25, 0.3) is 5.91 Å². The van der Waals surface area contributed by atoms with E-state index in [1.165, 1.54) is 17.3 Å². The van der Waals surface area contributed by atoms with E-state index in [9.17, 15) is 4.79 Å². The van der Waals surface area contributed by atoms with E-state index >= 15 is 0 Å². The number of thioether (sulfide) groups is 1. The normalized spacial score (nSPS) is 19.0. The SMILES string of the molecule is CSC1=NN2C(=c3ccccc3=N[C@@H]2c2ccc(C)cc2)C(=O)N1. The van der Waals surface area contributed by atoms with E-state index in [0.29, 0.717) is 10.9 Å². The lowest BCUT2D eigenvalue weighted by atomic mass is 10.1. The summed E-state index contributed by atoms with van der Waals surface area (Å²) in [6.07, 6.45) is 1.55. The molecular formula is C18H16N4OS. The lowest BCUT2D eigenvalue weighted by Crippen LogP contribution is -2.50. The van der Waals surface area contributed by atoms with Gasteiger partial charge in [-0.25, -0.2) is 5.01 Å². The van der Waals surface area contributed by atoms with Crippen LogP contribution in [0.4, 0.5) is 0 Å². The van der Waals surface area contributed by atoms with Crippen LogP contribution in [0.1, 0.15) is 17.3 Å². The van der Waals surface area contributed by atoms with Gasteiger partial charge >= 0.3 is 0 Å². The molecule has 0 saturated heterocycles. The molecule has 2 aromatic rings. The maximum absolute atomic E-state index is 12.7. The van der Waals surface area contributed by atoms with Crippen LogP contribution < -0.4 is 15.9 Å². The monoisotopic (exact) mass is 336 g/mol. The largest absolute Gasteiger partial charge is 0.298 e. The molecule has 6 heteroatoms. The smallest absolute Gasteiger partial charge is 0.276 e. The predicted octanol–water partition coefficient (Wildman–Crippen LogP) is 1.50. The molecule has 2 aromatic carbocycles. The van der Waals surface area contributed by atoms with Crippen LogP contribution in [0.15, 0.2) is 58.6 Å². The van der Waals surface area contributed by atoms with Gasteiger partial charge in [-0.2, -0.15) is 0 Å². The van der Waals surface area contributed by atoms with Gasteiger partial charge in [0.15, 0.2) is 11.3 Å². The zero-order chi connectivity index (χ0) is 16.7. The van der Waals surface area contributed by atoms with Gasteiger partial charge in [-0.05, 0) is 24.8 Å². The Kier molecular flexibility index (Phi) is 3.61. The van der Waals surface area contributed by atoms with Crippen LogP contribution in [0.2, 0.25) is 0 Å². The Balaban J connectivity index is 1.97. The second-order valence-electron chi connectivity index (χ2n) is 5.69. The average Bonchev–Trinajstić information content (AvgIpc) is 2.61. The minimum Gasteiger partial charge on any atom is -0.298 e. The third kappa shape index (κ3) is 2.39. The lowest BCUT2D eigenvalue weighted by Gasteiger charge is -2.33. The molecule has 0 radical (unpaired) electrons. The molecular weight excluding hydrogens is 320 g/mol.